The number of hydrogen-bond acceptors (Lipinski definition) is 23. The first kappa shape index (κ1) is 63.6. The Morgan fingerprint density at radius 1 is 0.650 bits per heavy atom. The number of ether oxygens (including phenoxy) is 8. The summed E-state index contributed by atoms with van der Waals surface area (Å²) in [5.41, 5.74) is -5.35. The fourth-order valence-corrected chi connectivity index (χ4v) is 10.3. The summed E-state index contributed by atoms with van der Waals surface area (Å²) in [5, 5.41) is 26.7. The number of aromatic amines is 3. The molecule has 3 aliphatic heterocycles. The van der Waals surface area contributed by atoms with E-state index in [0.717, 1.165) is 72.2 Å². The van der Waals surface area contributed by atoms with Gasteiger partial charge in [-0.3, -0.25) is 66.6 Å². The Morgan fingerprint density at radius 3 is 1.46 bits per heavy atom. The molecule has 3 saturated heterocycles. The molecule has 0 aliphatic carbocycles. The third-order valence-electron chi connectivity index (χ3n) is 13.0. The van der Waals surface area contributed by atoms with Crippen LogP contribution >= 0.6 is 15.2 Å². The topological polar surface area (TPSA) is 459 Å². The lowest BCUT2D eigenvalue weighted by Gasteiger charge is -2.36. The number of hydrogen-bond donors (Lipinski definition) is 10. The van der Waals surface area contributed by atoms with E-state index >= 15 is 0 Å². The second-order valence-electron chi connectivity index (χ2n) is 18.6. The molecular formula is C43H64BN9O25P2. The molecule has 3 amide bonds. The zero-order valence-corrected chi connectivity index (χ0v) is 45.7. The number of amides is 3. The lowest BCUT2D eigenvalue weighted by atomic mass is 10.00. The van der Waals surface area contributed by atoms with Crippen LogP contribution in [0.4, 0.5) is 0 Å². The van der Waals surface area contributed by atoms with Crippen LogP contribution in [0.3, 0.4) is 0 Å². The van der Waals surface area contributed by atoms with Crippen molar-refractivity contribution in [1.29, 1.82) is 0 Å². The number of nitrogens with one attached hydrogen (secondary N) is 6. The van der Waals surface area contributed by atoms with Gasteiger partial charge in [-0.05, 0) is 13.8 Å². The van der Waals surface area contributed by atoms with E-state index in [1.165, 1.54) is 21.1 Å². The Kier molecular flexibility index (Phi) is 21.8. The molecule has 6 rings (SSSR count). The second kappa shape index (κ2) is 27.5. The van der Waals surface area contributed by atoms with Crippen LogP contribution < -0.4 is 49.7 Å². The van der Waals surface area contributed by atoms with Gasteiger partial charge in [-0.1, -0.05) is 0 Å². The molecule has 3 aromatic rings. The average Bonchev–Trinajstić information content (AvgIpc) is 4.05. The molecule has 0 bridgehead atoms. The summed E-state index contributed by atoms with van der Waals surface area (Å²) in [7, 11) is -5.18. The number of nitrogens with zero attached hydrogens (tertiary/aromatic N) is 3. The monoisotopic (exact) mass is 1180 g/mol. The Bertz CT molecular complexity index is 3110. The fourth-order valence-electron chi connectivity index (χ4n) is 8.51. The molecule has 37 heteroatoms. The van der Waals surface area contributed by atoms with Crippen molar-refractivity contribution in [3.05, 3.63) is 99.3 Å². The van der Waals surface area contributed by atoms with Crippen LogP contribution in [0.1, 0.15) is 51.8 Å². The first-order valence-electron chi connectivity index (χ1n) is 24.7. The molecule has 444 valence electrons. The van der Waals surface area contributed by atoms with E-state index < -0.39 is 178 Å². The van der Waals surface area contributed by atoms with Gasteiger partial charge in [-0.15, -0.1) is 0 Å². The SMILES string of the molecule is BC(C)(OC1C(COP(=O)(O)C(C)OC2C(CO)OC(n3ccc(=O)[nH]c3=O)C2OCCC(=O)NC)OC(n2ccc(=O)[nH]c2=O)C1OCCC(=O)NC)P(=O)(O)OCC1OC(n2ccc(=O)[nH]c2=O)C(OCCC(=O)NC)C1O. The molecular weight excluding hydrogens is 1120 g/mol. The first-order chi connectivity index (χ1) is 37.8. The van der Waals surface area contributed by atoms with E-state index in [0.29, 0.717) is 0 Å². The van der Waals surface area contributed by atoms with Crippen molar-refractivity contribution in [3.8, 4) is 0 Å². The van der Waals surface area contributed by atoms with Gasteiger partial charge in [0, 0.05) is 77.2 Å². The zero-order valence-electron chi connectivity index (χ0n) is 43.9. The summed E-state index contributed by atoms with van der Waals surface area (Å²) in [6.07, 6.45) is -16.1. The highest BCUT2D eigenvalue weighted by Gasteiger charge is 2.56. The molecule has 16 unspecified atom stereocenters. The van der Waals surface area contributed by atoms with Crippen LogP contribution in [0.25, 0.3) is 0 Å². The largest absolute Gasteiger partial charge is 0.394 e. The third kappa shape index (κ3) is 15.3. The van der Waals surface area contributed by atoms with E-state index in [1.54, 1.807) is 0 Å². The smallest absolute Gasteiger partial charge is 0.356 e. The Hall–Kier alpha value is -5.59. The van der Waals surface area contributed by atoms with Crippen LogP contribution in [-0.4, -0.2) is 201 Å². The molecule has 16 atom stereocenters. The van der Waals surface area contributed by atoms with E-state index in [-0.39, 0.29) is 32.5 Å². The summed E-state index contributed by atoms with van der Waals surface area (Å²) < 4.78 is 90.7. The molecule has 0 radical (unpaired) electrons. The predicted molar refractivity (Wildman–Crippen MR) is 272 cm³/mol. The Balaban J connectivity index is 1.27. The number of aromatic nitrogens is 6. The number of carbonyl (C=O) groups excluding carboxylic acids is 3. The maximum absolute atomic E-state index is 14.4. The summed E-state index contributed by atoms with van der Waals surface area (Å²) in [6.45, 7) is -1.55. The van der Waals surface area contributed by atoms with Crippen molar-refractivity contribution in [1.82, 2.24) is 44.6 Å². The lowest BCUT2D eigenvalue weighted by molar-refractivity contribution is -0.126. The van der Waals surface area contributed by atoms with Crippen LogP contribution in [0.2, 0.25) is 0 Å². The van der Waals surface area contributed by atoms with Gasteiger partial charge in [0.1, 0.15) is 60.2 Å². The molecule has 0 aromatic carbocycles. The van der Waals surface area contributed by atoms with Gasteiger partial charge >= 0.3 is 32.3 Å². The Labute approximate surface area is 452 Å². The number of carbonyl (C=O) groups is 3. The highest BCUT2D eigenvalue weighted by atomic mass is 31.2. The highest BCUT2D eigenvalue weighted by molar-refractivity contribution is 7.56. The minimum Gasteiger partial charge on any atom is -0.394 e. The third-order valence-corrected chi connectivity index (χ3v) is 16.5. The molecule has 80 heavy (non-hydrogen) atoms. The van der Waals surface area contributed by atoms with Crippen LogP contribution in [0.15, 0.2) is 65.6 Å². The van der Waals surface area contributed by atoms with E-state index in [4.69, 9.17) is 46.9 Å². The van der Waals surface area contributed by atoms with Crippen LogP contribution in [0.5, 0.6) is 0 Å². The van der Waals surface area contributed by atoms with E-state index in [9.17, 15) is 72.3 Å². The highest BCUT2D eigenvalue weighted by Crippen LogP contribution is 2.57. The molecule has 3 aliphatic rings. The van der Waals surface area contributed by atoms with Gasteiger partial charge in [0.15, 0.2) is 32.4 Å². The quantitative estimate of drug-likeness (QED) is 0.0239. The van der Waals surface area contributed by atoms with Crippen molar-refractivity contribution in [2.75, 3.05) is 60.8 Å². The summed E-state index contributed by atoms with van der Waals surface area (Å²) in [4.78, 5) is 141. The standard InChI is InChI=1S/C43H64BN9O25P2/c1-21(74-32-22(18-54)75-38(35(32)70-16-10-26(56)46-4)52-13-7-29(59)49-41(52)63)79(65,66)72-20-24-33(36(71-17-11-27(57)47-5)39(77-24)53-14-8-30(60)50-42(53)64)78-43(2,44)80(67,68)73-19-23-31(61)34(69-15-9-25(55)45-3)37(76-23)51-12-6-28(58)48-40(51)62/h6-8,12-14,21-24,31-39,54,61H,9-11,15-20,44H2,1-5H3,(H,45,55)(H,46,56)(H,47,57)(H,65,66)(H,67,68)(H,48,58,62)(H,49,59,63)(H,50,60,64). The minimum absolute atomic E-state index is 0.191. The number of aliphatic hydroxyl groups is 2. The summed E-state index contributed by atoms with van der Waals surface area (Å²) in [6, 6.07) is 2.93. The number of rotatable bonds is 28. The van der Waals surface area contributed by atoms with Gasteiger partial charge in [-0.2, -0.15) is 0 Å². The zero-order chi connectivity index (χ0) is 58.9. The predicted octanol–water partition coefficient (Wildman–Crippen LogP) is -5.93. The number of H-pyrrole nitrogens is 3. The van der Waals surface area contributed by atoms with Gasteiger partial charge in [0.05, 0.1) is 39.6 Å². The molecule has 6 heterocycles. The first-order valence-corrected chi connectivity index (χ1v) is 27.9. The maximum Gasteiger partial charge on any atom is 0.356 e. The second-order valence-corrected chi connectivity index (χ2v) is 23.1. The molecule has 0 saturated carbocycles. The van der Waals surface area contributed by atoms with Gasteiger partial charge in [0.25, 0.3) is 16.7 Å². The molecule has 34 nitrogen and oxygen atoms in total. The number of aliphatic hydroxyl groups excluding tert-OH is 2. The maximum atomic E-state index is 14.4. The average molecular weight is 1180 g/mol. The van der Waals surface area contributed by atoms with Gasteiger partial charge in [-0.25, -0.2) is 14.4 Å². The van der Waals surface area contributed by atoms with E-state index in [1.807, 2.05) is 4.98 Å². The molecule has 3 aromatic heterocycles. The van der Waals surface area contributed by atoms with Crippen molar-refractivity contribution < 1.29 is 90.5 Å². The van der Waals surface area contributed by atoms with Crippen molar-refractivity contribution in [3.63, 3.8) is 0 Å². The molecule has 3 fully saturated rings. The van der Waals surface area contributed by atoms with Gasteiger partial charge in [0.2, 0.25) is 17.7 Å². The fraction of sp³-hybridized carbons (Fsp3) is 0.651. The summed E-state index contributed by atoms with van der Waals surface area (Å²) in [5.74, 6) is -3.26. The molecule has 0 spiro atoms. The van der Waals surface area contributed by atoms with Crippen LogP contribution in [-0.2, 0) is 70.5 Å². The van der Waals surface area contributed by atoms with Crippen molar-refractivity contribution in [2.45, 2.75) is 118 Å². The van der Waals surface area contributed by atoms with Crippen molar-refractivity contribution >= 4 is 40.8 Å². The molecule has 10 N–H and O–H groups in total. The van der Waals surface area contributed by atoms with E-state index in [2.05, 4.69) is 25.9 Å². The lowest BCUT2D eigenvalue weighted by Crippen LogP contribution is -2.47. The Morgan fingerprint density at radius 2 is 1.04 bits per heavy atom. The minimum atomic E-state index is -5.23. The van der Waals surface area contributed by atoms with Crippen LogP contribution in [0, 0.1) is 0 Å². The summed E-state index contributed by atoms with van der Waals surface area (Å²) >= 11 is 0. The normalized spacial score (nSPS) is 28.3. The van der Waals surface area contributed by atoms with Crippen molar-refractivity contribution in [2.24, 2.45) is 0 Å². The van der Waals surface area contributed by atoms with Gasteiger partial charge < -0.3 is 82.9 Å².